The maximum Gasteiger partial charge on any atom is 0.133 e. The van der Waals surface area contributed by atoms with Crippen LogP contribution in [0, 0.1) is 0 Å². The number of ether oxygens (including phenoxy) is 1. The fourth-order valence-corrected chi connectivity index (χ4v) is 2.71. The Morgan fingerprint density at radius 2 is 1.71 bits per heavy atom. The van der Waals surface area contributed by atoms with Gasteiger partial charge < -0.3 is 10.1 Å². The third-order valence-electron chi connectivity index (χ3n) is 3.31. The number of hydrogen-bond donors (Lipinski definition) is 1. The van der Waals surface area contributed by atoms with E-state index in [1.807, 2.05) is 18.2 Å². The molecule has 0 spiro atoms. The summed E-state index contributed by atoms with van der Waals surface area (Å²) in [6, 6.07) is 16.7. The van der Waals surface area contributed by atoms with Gasteiger partial charge in [-0.25, -0.2) is 0 Å². The lowest BCUT2D eigenvalue weighted by Crippen LogP contribution is -2.15. The van der Waals surface area contributed by atoms with Crippen LogP contribution in [0.25, 0.3) is 0 Å². The third kappa shape index (κ3) is 4.80. The molecule has 0 atom stereocenters. The number of nitrogens with one attached hydrogen (secondary N) is 1. The first-order chi connectivity index (χ1) is 10.3. The second-order valence-electron chi connectivity index (χ2n) is 4.89. The molecule has 2 nitrogen and oxygen atoms in total. The highest BCUT2D eigenvalue weighted by molar-refractivity contribution is 7.98. The molecule has 112 valence electrons. The van der Waals surface area contributed by atoms with Gasteiger partial charge in [-0.05, 0) is 42.5 Å². The van der Waals surface area contributed by atoms with E-state index in [9.17, 15) is 0 Å². The van der Waals surface area contributed by atoms with Crippen molar-refractivity contribution in [3.63, 3.8) is 0 Å². The molecule has 3 heteroatoms. The van der Waals surface area contributed by atoms with Crippen LogP contribution in [-0.4, -0.2) is 12.8 Å². The predicted octanol–water partition coefficient (Wildman–Crippen LogP) is 4.49. The third-order valence-corrected chi connectivity index (χ3v) is 4.09. The fraction of sp³-hybridized carbons (Fsp3) is 0.333. The van der Waals surface area contributed by atoms with Gasteiger partial charge in [0.05, 0.1) is 0 Å². The van der Waals surface area contributed by atoms with Gasteiger partial charge in [0.15, 0.2) is 0 Å². The van der Waals surface area contributed by atoms with Gasteiger partial charge in [0, 0.05) is 11.4 Å². The van der Waals surface area contributed by atoms with Crippen LogP contribution in [0.4, 0.5) is 0 Å². The minimum atomic E-state index is 0.613. The van der Waals surface area contributed by atoms with E-state index in [-0.39, 0.29) is 0 Å². The molecule has 0 aliphatic heterocycles. The molecule has 0 bridgehead atoms. The molecule has 0 aliphatic rings. The van der Waals surface area contributed by atoms with Gasteiger partial charge in [-0.15, -0.1) is 11.8 Å². The average molecular weight is 301 g/mol. The lowest BCUT2D eigenvalue weighted by Gasteiger charge is -2.13. The average Bonchev–Trinajstić information content (AvgIpc) is 2.54. The minimum Gasteiger partial charge on any atom is -0.488 e. The maximum atomic E-state index is 6.01. The Morgan fingerprint density at radius 1 is 1.00 bits per heavy atom. The summed E-state index contributed by atoms with van der Waals surface area (Å²) in [6.07, 6.45) is 3.23. The molecule has 0 unspecified atom stereocenters. The van der Waals surface area contributed by atoms with Gasteiger partial charge in [0.25, 0.3) is 0 Å². The Bertz CT molecular complexity index is 556. The van der Waals surface area contributed by atoms with Gasteiger partial charge >= 0.3 is 0 Å². The molecule has 0 amide bonds. The fourth-order valence-electron chi connectivity index (χ4n) is 2.16. The highest BCUT2D eigenvalue weighted by Crippen LogP contribution is 2.27. The van der Waals surface area contributed by atoms with Crippen LogP contribution in [-0.2, 0) is 13.2 Å². The molecule has 21 heavy (non-hydrogen) atoms. The van der Waals surface area contributed by atoms with Crippen LogP contribution < -0.4 is 10.1 Å². The highest BCUT2D eigenvalue weighted by Gasteiger charge is 2.05. The number of benzene rings is 2. The van der Waals surface area contributed by atoms with Gasteiger partial charge in [-0.1, -0.05) is 43.3 Å². The largest absolute Gasteiger partial charge is 0.488 e. The van der Waals surface area contributed by atoms with Crippen LogP contribution in [0.5, 0.6) is 5.75 Å². The second kappa shape index (κ2) is 8.75. The summed E-state index contributed by atoms with van der Waals surface area (Å²) >= 11 is 1.71. The molecular weight excluding hydrogens is 278 g/mol. The number of thioether (sulfide) groups is 1. The Kier molecular flexibility index (Phi) is 6.64. The Labute approximate surface area is 131 Å². The molecule has 0 radical (unpaired) electrons. The van der Waals surface area contributed by atoms with Crippen LogP contribution in [0.3, 0.4) is 0 Å². The van der Waals surface area contributed by atoms with Crippen LogP contribution in [0.15, 0.2) is 53.4 Å². The van der Waals surface area contributed by atoms with Gasteiger partial charge in [0.1, 0.15) is 12.4 Å². The summed E-state index contributed by atoms with van der Waals surface area (Å²) in [7, 11) is 0. The zero-order chi connectivity index (χ0) is 14.9. The van der Waals surface area contributed by atoms with Crippen molar-refractivity contribution in [2.75, 3.05) is 12.8 Å². The summed E-state index contributed by atoms with van der Waals surface area (Å²) in [4.78, 5) is 1.18. The Balaban J connectivity index is 2.02. The van der Waals surface area contributed by atoms with Crippen molar-refractivity contribution in [3.8, 4) is 5.75 Å². The van der Waals surface area contributed by atoms with E-state index >= 15 is 0 Å². The molecule has 0 fully saturated rings. The minimum absolute atomic E-state index is 0.613. The van der Waals surface area contributed by atoms with Crippen molar-refractivity contribution in [2.45, 2.75) is 31.4 Å². The molecule has 2 rings (SSSR count). The first-order valence-electron chi connectivity index (χ1n) is 7.38. The summed E-state index contributed by atoms with van der Waals surface area (Å²) in [6.45, 7) is 4.74. The predicted molar refractivity (Wildman–Crippen MR) is 91.0 cm³/mol. The monoisotopic (exact) mass is 301 g/mol. The normalized spacial score (nSPS) is 10.6. The molecule has 0 aromatic heterocycles. The molecule has 2 aromatic rings. The van der Waals surface area contributed by atoms with E-state index in [4.69, 9.17) is 4.74 Å². The zero-order valence-corrected chi connectivity index (χ0v) is 13.6. The lowest BCUT2D eigenvalue weighted by atomic mass is 10.1. The molecule has 0 heterocycles. The molecular formula is C18H23NOS. The van der Waals surface area contributed by atoms with Crippen LogP contribution in [0.2, 0.25) is 0 Å². The van der Waals surface area contributed by atoms with E-state index in [0.29, 0.717) is 6.61 Å². The lowest BCUT2D eigenvalue weighted by molar-refractivity contribution is 0.297. The maximum absolute atomic E-state index is 6.01. The van der Waals surface area contributed by atoms with Crippen molar-refractivity contribution >= 4 is 11.8 Å². The van der Waals surface area contributed by atoms with Crippen molar-refractivity contribution < 1.29 is 4.74 Å². The Morgan fingerprint density at radius 3 is 2.48 bits per heavy atom. The highest BCUT2D eigenvalue weighted by atomic mass is 32.2. The summed E-state index contributed by atoms with van der Waals surface area (Å²) < 4.78 is 6.01. The quantitative estimate of drug-likeness (QED) is 0.573. The van der Waals surface area contributed by atoms with Crippen molar-refractivity contribution in [3.05, 3.63) is 59.7 Å². The topological polar surface area (TPSA) is 21.3 Å². The van der Waals surface area contributed by atoms with Gasteiger partial charge in [0.2, 0.25) is 0 Å². The van der Waals surface area contributed by atoms with Crippen LogP contribution in [0.1, 0.15) is 24.5 Å². The zero-order valence-electron chi connectivity index (χ0n) is 12.8. The Hall–Kier alpha value is -1.45. The van der Waals surface area contributed by atoms with E-state index < -0.39 is 0 Å². The number of rotatable bonds is 8. The first-order valence-corrected chi connectivity index (χ1v) is 8.61. The molecule has 1 N–H and O–H groups in total. The number of hydrogen-bond acceptors (Lipinski definition) is 3. The standard InChI is InChI=1S/C18H23NOS/c1-3-12-19-13-15-8-4-5-9-16(15)14-20-17-10-6-7-11-18(17)21-2/h4-11,19H,3,12-14H2,1-2H3. The van der Waals surface area contributed by atoms with Crippen molar-refractivity contribution in [1.82, 2.24) is 5.32 Å². The summed E-state index contributed by atoms with van der Waals surface area (Å²) in [5.74, 6) is 0.960. The van der Waals surface area contributed by atoms with Crippen molar-refractivity contribution in [2.24, 2.45) is 0 Å². The second-order valence-corrected chi connectivity index (χ2v) is 5.73. The van der Waals surface area contributed by atoms with Gasteiger partial charge in [-0.3, -0.25) is 0 Å². The summed E-state index contributed by atoms with van der Waals surface area (Å²) in [5.41, 5.74) is 2.56. The van der Waals surface area contributed by atoms with Crippen molar-refractivity contribution in [1.29, 1.82) is 0 Å². The number of para-hydroxylation sites is 1. The van der Waals surface area contributed by atoms with E-state index in [1.165, 1.54) is 16.0 Å². The molecule has 0 saturated heterocycles. The SMILES string of the molecule is CCCNCc1ccccc1COc1ccccc1SC. The molecule has 0 saturated carbocycles. The van der Waals surface area contributed by atoms with E-state index in [2.05, 4.69) is 48.8 Å². The van der Waals surface area contributed by atoms with E-state index in [1.54, 1.807) is 11.8 Å². The molecule has 0 aliphatic carbocycles. The smallest absolute Gasteiger partial charge is 0.133 e. The van der Waals surface area contributed by atoms with E-state index in [0.717, 1.165) is 25.3 Å². The van der Waals surface area contributed by atoms with Gasteiger partial charge in [-0.2, -0.15) is 0 Å². The first kappa shape index (κ1) is 15.9. The molecule has 2 aromatic carbocycles. The van der Waals surface area contributed by atoms with Crippen LogP contribution >= 0.6 is 11.8 Å². The summed E-state index contributed by atoms with van der Waals surface area (Å²) in [5, 5.41) is 3.45.